The lowest BCUT2D eigenvalue weighted by molar-refractivity contribution is -0.385. The third-order valence-electron chi connectivity index (χ3n) is 3.85. The maximum absolute atomic E-state index is 10.9. The summed E-state index contributed by atoms with van der Waals surface area (Å²) < 4.78 is 0.594. The molecule has 0 aromatic heterocycles. The largest absolute Gasteiger partial charge is 0.310 e. The van der Waals surface area contributed by atoms with Crippen LogP contribution >= 0.6 is 15.9 Å². The predicted octanol–water partition coefficient (Wildman–Crippen LogP) is 4.03. The van der Waals surface area contributed by atoms with Crippen molar-refractivity contribution in [3.63, 3.8) is 0 Å². The van der Waals surface area contributed by atoms with Crippen molar-refractivity contribution in [2.24, 2.45) is 5.92 Å². The molecule has 2 rings (SSSR count). The lowest BCUT2D eigenvalue weighted by Gasteiger charge is -2.27. The summed E-state index contributed by atoms with van der Waals surface area (Å²) in [5.41, 5.74) is 1.09. The number of nitro groups is 1. The molecule has 1 saturated carbocycles. The van der Waals surface area contributed by atoms with E-state index in [-0.39, 0.29) is 10.6 Å². The molecule has 5 heteroatoms. The molecule has 0 bridgehead atoms. The van der Waals surface area contributed by atoms with Crippen LogP contribution in [0.5, 0.6) is 0 Å². The van der Waals surface area contributed by atoms with Gasteiger partial charge in [-0.15, -0.1) is 0 Å². The van der Waals surface area contributed by atoms with Crippen molar-refractivity contribution in [3.8, 4) is 0 Å². The summed E-state index contributed by atoms with van der Waals surface area (Å²) in [4.78, 5) is 10.5. The number of benzene rings is 1. The van der Waals surface area contributed by atoms with Gasteiger partial charge in [-0.1, -0.05) is 19.1 Å². The van der Waals surface area contributed by atoms with Crippen LogP contribution in [0, 0.1) is 16.0 Å². The monoisotopic (exact) mass is 326 g/mol. The van der Waals surface area contributed by atoms with E-state index in [9.17, 15) is 10.1 Å². The molecule has 0 heterocycles. The van der Waals surface area contributed by atoms with Crippen molar-refractivity contribution in [1.29, 1.82) is 0 Å². The van der Waals surface area contributed by atoms with Gasteiger partial charge in [0, 0.05) is 18.7 Å². The molecule has 1 N–H and O–H groups in total. The van der Waals surface area contributed by atoms with Crippen LogP contribution in [0.4, 0.5) is 5.69 Å². The first-order valence-electron chi connectivity index (χ1n) is 6.73. The third-order valence-corrected chi connectivity index (χ3v) is 4.77. The Balaban J connectivity index is 1.96. The first-order valence-corrected chi connectivity index (χ1v) is 7.52. The van der Waals surface area contributed by atoms with Crippen molar-refractivity contribution >= 4 is 21.6 Å². The van der Waals surface area contributed by atoms with Crippen LogP contribution < -0.4 is 5.32 Å². The zero-order valence-electron chi connectivity index (χ0n) is 11.1. The molecular formula is C14H19BrN2O2. The second kappa shape index (κ2) is 6.48. The summed E-state index contributed by atoms with van der Waals surface area (Å²) in [5.74, 6) is 0.836. The molecule has 1 aromatic carbocycles. The molecule has 0 atom stereocenters. The Morgan fingerprint density at radius 3 is 2.68 bits per heavy atom. The molecule has 0 unspecified atom stereocenters. The molecular weight excluding hydrogens is 308 g/mol. The number of hydrogen-bond donors (Lipinski definition) is 1. The second-order valence-electron chi connectivity index (χ2n) is 5.35. The van der Waals surface area contributed by atoms with Gasteiger partial charge >= 0.3 is 0 Å². The fourth-order valence-electron chi connectivity index (χ4n) is 2.56. The van der Waals surface area contributed by atoms with E-state index in [1.54, 1.807) is 6.07 Å². The first-order chi connectivity index (χ1) is 9.08. The van der Waals surface area contributed by atoms with Gasteiger partial charge in [-0.3, -0.25) is 10.1 Å². The highest BCUT2D eigenvalue weighted by Crippen LogP contribution is 2.29. The van der Waals surface area contributed by atoms with Gasteiger partial charge < -0.3 is 5.32 Å². The highest BCUT2D eigenvalue weighted by Gasteiger charge is 2.19. The fourth-order valence-corrected chi connectivity index (χ4v) is 3.11. The standard InChI is InChI=1S/C14H19BrN2O2/c1-10-5-7-12(8-6-10)16-9-11-3-2-4-13(14(11)15)17(18)19/h2-4,10,12,16H,5-9H2,1H3. The van der Waals surface area contributed by atoms with Crippen molar-refractivity contribution in [3.05, 3.63) is 38.3 Å². The Bertz CT molecular complexity index is 457. The molecule has 0 radical (unpaired) electrons. The molecule has 1 aromatic rings. The topological polar surface area (TPSA) is 55.2 Å². The molecule has 0 aliphatic heterocycles. The van der Waals surface area contributed by atoms with Gasteiger partial charge in [-0.2, -0.15) is 0 Å². The normalized spacial score (nSPS) is 23.3. The predicted molar refractivity (Wildman–Crippen MR) is 79.1 cm³/mol. The summed E-state index contributed by atoms with van der Waals surface area (Å²) in [7, 11) is 0. The molecule has 0 amide bonds. The maximum Gasteiger partial charge on any atom is 0.283 e. The lowest BCUT2D eigenvalue weighted by Crippen LogP contribution is -2.32. The van der Waals surface area contributed by atoms with Crippen LogP contribution in [0.3, 0.4) is 0 Å². The number of nitrogens with one attached hydrogen (secondary N) is 1. The first kappa shape index (κ1) is 14.5. The maximum atomic E-state index is 10.9. The summed E-state index contributed by atoms with van der Waals surface area (Å²) >= 11 is 3.33. The second-order valence-corrected chi connectivity index (χ2v) is 6.14. The van der Waals surface area contributed by atoms with Gasteiger partial charge in [0.05, 0.1) is 9.40 Å². The third kappa shape index (κ3) is 3.76. The van der Waals surface area contributed by atoms with Gasteiger partial charge in [-0.05, 0) is 53.1 Å². The van der Waals surface area contributed by atoms with Gasteiger partial charge in [0.2, 0.25) is 0 Å². The van der Waals surface area contributed by atoms with Gasteiger partial charge in [0.15, 0.2) is 0 Å². The average molecular weight is 327 g/mol. The number of nitrogens with zero attached hydrogens (tertiary/aromatic N) is 1. The summed E-state index contributed by atoms with van der Waals surface area (Å²) in [6.07, 6.45) is 4.95. The molecule has 1 aliphatic rings. The quantitative estimate of drug-likeness (QED) is 0.671. The van der Waals surface area contributed by atoms with E-state index in [1.807, 2.05) is 6.07 Å². The van der Waals surface area contributed by atoms with Crippen molar-refractivity contribution < 1.29 is 4.92 Å². The summed E-state index contributed by atoms with van der Waals surface area (Å²) in [6.45, 7) is 2.98. The Morgan fingerprint density at radius 1 is 1.37 bits per heavy atom. The molecule has 104 valence electrons. The number of rotatable bonds is 4. The van der Waals surface area contributed by atoms with Crippen molar-refractivity contribution in [2.75, 3.05) is 0 Å². The summed E-state index contributed by atoms with van der Waals surface area (Å²) in [6, 6.07) is 5.73. The van der Waals surface area contributed by atoms with Gasteiger partial charge in [0.25, 0.3) is 5.69 Å². The minimum Gasteiger partial charge on any atom is -0.310 e. The number of halogens is 1. The lowest BCUT2D eigenvalue weighted by atomic mass is 9.87. The molecule has 1 fully saturated rings. The SMILES string of the molecule is CC1CCC(NCc2cccc([N+](=O)[O-])c2Br)CC1. The molecule has 4 nitrogen and oxygen atoms in total. The van der Waals surface area contributed by atoms with Crippen LogP contribution in [0.2, 0.25) is 0 Å². The number of nitro benzene ring substituents is 1. The average Bonchev–Trinajstić information content (AvgIpc) is 2.39. The summed E-state index contributed by atoms with van der Waals surface area (Å²) in [5, 5.41) is 14.4. The van der Waals surface area contributed by atoms with Crippen LogP contribution in [0.15, 0.2) is 22.7 Å². The van der Waals surface area contributed by atoms with E-state index >= 15 is 0 Å². The highest BCUT2D eigenvalue weighted by atomic mass is 79.9. The molecule has 0 saturated heterocycles. The number of hydrogen-bond acceptors (Lipinski definition) is 3. The minimum absolute atomic E-state index is 0.136. The Morgan fingerprint density at radius 2 is 2.05 bits per heavy atom. The van der Waals surface area contributed by atoms with Crippen molar-refractivity contribution in [2.45, 2.75) is 45.2 Å². The Hall–Kier alpha value is -0.940. The van der Waals surface area contributed by atoms with Crippen LogP contribution in [0.25, 0.3) is 0 Å². The van der Waals surface area contributed by atoms with Gasteiger partial charge in [-0.25, -0.2) is 0 Å². The van der Waals surface area contributed by atoms with Crippen LogP contribution in [-0.4, -0.2) is 11.0 Å². The van der Waals surface area contributed by atoms with E-state index < -0.39 is 0 Å². The molecule has 19 heavy (non-hydrogen) atoms. The molecule has 0 spiro atoms. The van der Waals surface area contributed by atoms with E-state index in [4.69, 9.17) is 0 Å². The zero-order chi connectivity index (χ0) is 13.8. The smallest absolute Gasteiger partial charge is 0.283 e. The minimum atomic E-state index is -0.351. The highest BCUT2D eigenvalue weighted by molar-refractivity contribution is 9.10. The van der Waals surface area contributed by atoms with Crippen molar-refractivity contribution in [1.82, 2.24) is 5.32 Å². The Labute approximate surface area is 121 Å². The van der Waals surface area contributed by atoms with E-state index in [0.717, 1.165) is 11.5 Å². The zero-order valence-corrected chi connectivity index (χ0v) is 12.6. The van der Waals surface area contributed by atoms with Gasteiger partial charge in [0.1, 0.15) is 0 Å². The molecule has 1 aliphatic carbocycles. The van der Waals surface area contributed by atoms with Crippen LogP contribution in [-0.2, 0) is 6.54 Å². The van der Waals surface area contributed by atoms with Crippen LogP contribution in [0.1, 0.15) is 38.2 Å². The van der Waals surface area contributed by atoms with E-state index in [0.29, 0.717) is 17.1 Å². The fraction of sp³-hybridized carbons (Fsp3) is 0.571. The Kier molecular flexibility index (Phi) is 4.93. The van der Waals surface area contributed by atoms with E-state index in [1.165, 1.54) is 31.7 Å². The van der Waals surface area contributed by atoms with E-state index in [2.05, 4.69) is 28.2 Å².